The van der Waals surface area contributed by atoms with Crippen LogP contribution in [-0.2, 0) is 11.8 Å². The summed E-state index contributed by atoms with van der Waals surface area (Å²) in [5.41, 5.74) is 1.74. The van der Waals surface area contributed by atoms with Crippen LogP contribution in [0.15, 0.2) is 23.6 Å². The van der Waals surface area contributed by atoms with E-state index in [1.807, 2.05) is 24.4 Å². The number of fused-ring (bicyclic) bond motifs is 1. The van der Waals surface area contributed by atoms with Crippen molar-refractivity contribution in [3.8, 4) is 10.6 Å². The number of carbonyl (C=O) groups excluding carboxylic acids is 1. The van der Waals surface area contributed by atoms with E-state index in [9.17, 15) is 14.7 Å². The smallest absolute Gasteiger partial charge is 0.311 e. The first-order chi connectivity index (χ1) is 12.4. The van der Waals surface area contributed by atoms with Crippen LogP contribution in [0.2, 0.25) is 0 Å². The molecule has 0 saturated heterocycles. The average Bonchev–Trinajstić information content (AvgIpc) is 3.10. The maximum Gasteiger partial charge on any atom is 0.311 e. The van der Waals surface area contributed by atoms with Gasteiger partial charge in [0.05, 0.1) is 32.6 Å². The molecule has 3 aromatic heterocycles. The first kappa shape index (κ1) is 16.7. The van der Waals surface area contributed by atoms with Crippen LogP contribution >= 0.6 is 11.3 Å². The molecule has 0 radical (unpaired) electrons. The van der Waals surface area contributed by atoms with Crippen molar-refractivity contribution in [1.29, 1.82) is 0 Å². The second kappa shape index (κ2) is 5.91. The van der Waals surface area contributed by atoms with Crippen LogP contribution < -0.4 is 5.32 Å². The number of pyridine rings is 1. The topological polar surface area (TPSA) is 97.1 Å². The zero-order valence-electron chi connectivity index (χ0n) is 14.4. The van der Waals surface area contributed by atoms with Gasteiger partial charge in [0.15, 0.2) is 5.65 Å². The number of hydrogen-bond donors (Lipinski definition) is 2. The van der Waals surface area contributed by atoms with E-state index in [0.29, 0.717) is 35.1 Å². The monoisotopic (exact) mass is 370 g/mol. The predicted octanol–water partition coefficient (Wildman–Crippen LogP) is 2.60. The summed E-state index contributed by atoms with van der Waals surface area (Å²) in [4.78, 5) is 29.8. The molecule has 2 N–H and O–H groups in total. The molecular weight excluding hydrogens is 352 g/mol. The summed E-state index contributed by atoms with van der Waals surface area (Å²) < 4.78 is 1.66. The summed E-state index contributed by atoms with van der Waals surface area (Å²) in [6.07, 6.45) is 1.20. The maximum absolute atomic E-state index is 12.9. The van der Waals surface area contributed by atoms with Crippen LogP contribution in [-0.4, -0.2) is 38.3 Å². The highest BCUT2D eigenvalue weighted by Crippen LogP contribution is 2.45. The van der Waals surface area contributed by atoms with Crippen molar-refractivity contribution in [1.82, 2.24) is 20.1 Å². The summed E-state index contributed by atoms with van der Waals surface area (Å²) in [6, 6.07) is 5.65. The first-order valence-corrected chi connectivity index (χ1v) is 9.19. The van der Waals surface area contributed by atoms with Crippen molar-refractivity contribution in [3.63, 3.8) is 0 Å². The van der Waals surface area contributed by atoms with Gasteiger partial charge in [-0.3, -0.25) is 14.3 Å². The third-order valence-corrected chi connectivity index (χ3v) is 5.77. The Morgan fingerprint density at radius 1 is 1.42 bits per heavy atom. The minimum absolute atomic E-state index is 0.138. The molecule has 0 atom stereocenters. The van der Waals surface area contributed by atoms with E-state index < -0.39 is 11.4 Å². The van der Waals surface area contributed by atoms with Gasteiger partial charge in [-0.2, -0.15) is 5.10 Å². The molecule has 1 saturated carbocycles. The van der Waals surface area contributed by atoms with Crippen LogP contribution in [0, 0.1) is 12.3 Å². The molecule has 0 bridgehead atoms. The summed E-state index contributed by atoms with van der Waals surface area (Å²) in [7, 11) is 1.80. The highest BCUT2D eigenvalue weighted by atomic mass is 32.1. The van der Waals surface area contributed by atoms with Crippen LogP contribution in [0.3, 0.4) is 0 Å². The van der Waals surface area contributed by atoms with E-state index in [0.717, 1.165) is 10.6 Å². The van der Waals surface area contributed by atoms with E-state index in [4.69, 9.17) is 0 Å². The molecule has 4 rings (SSSR count). The number of rotatable bonds is 5. The number of aromatic nitrogens is 3. The highest BCUT2D eigenvalue weighted by molar-refractivity contribution is 7.13. The van der Waals surface area contributed by atoms with Gasteiger partial charge in [-0.25, -0.2) is 4.98 Å². The molecule has 1 fully saturated rings. The van der Waals surface area contributed by atoms with Crippen LogP contribution in [0.1, 0.15) is 28.9 Å². The van der Waals surface area contributed by atoms with Gasteiger partial charge in [0.25, 0.3) is 5.91 Å². The zero-order valence-corrected chi connectivity index (χ0v) is 15.3. The standard InChI is InChI=1S/C18H18N4O3S/c1-10-14-11(16(23)19-9-18(5-6-18)17(24)25)8-12(13-4-3-7-26-13)20-15(14)22(2)21-10/h3-4,7-8H,5-6,9H2,1-2H3,(H,19,23)(H,24,25). The van der Waals surface area contributed by atoms with Gasteiger partial charge in [-0.05, 0) is 37.3 Å². The van der Waals surface area contributed by atoms with Crippen LogP contribution in [0.25, 0.3) is 21.6 Å². The Bertz CT molecular complexity index is 1020. The zero-order chi connectivity index (χ0) is 18.5. The third kappa shape index (κ3) is 2.66. The number of aryl methyl sites for hydroxylation is 2. The number of carboxylic acid groups (broad SMARTS) is 1. The molecule has 8 heteroatoms. The molecule has 0 spiro atoms. The Balaban J connectivity index is 1.75. The fraction of sp³-hybridized carbons (Fsp3) is 0.333. The lowest BCUT2D eigenvalue weighted by Crippen LogP contribution is -2.34. The number of hydrogen-bond acceptors (Lipinski definition) is 5. The molecule has 0 aromatic carbocycles. The Morgan fingerprint density at radius 3 is 2.81 bits per heavy atom. The Hall–Kier alpha value is -2.74. The average molecular weight is 370 g/mol. The molecule has 7 nitrogen and oxygen atoms in total. The number of carbonyl (C=O) groups is 2. The lowest BCUT2D eigenvalue weighted by atomic mass is 10.1. The normalized spacial score (nSPS) is 15.2. The van der Waals surface area contributed by atoms with Crippen molar-refractivity contribution < 1.29 is 14.7 Å². The van der Waals surface area contributed by atoms with E-state index in [1.54, 1.807) is 29.1 Å². The Morgan fingerprint density at radius 2 is 2.19 bits per heavy atom. The minimum Gasteiger partial charge on any atom is -0.481 e. The molecule has 1 aliphatic carbocycles. The van der Waals surface area contributed by atoms with Crippen molar-refractivity contribution in [3.05, 3.63) is 34.8 Å². The summed E-state index contributed by atoms with van der Waals surface area (Å²) in [6.45, 7) is 1.98. The largest absolute Gasteiger partial charge is 0.481 e. The van der Waals surface area contributed by atoms with Gasteiger partial charge in [-0.15, -0.1) is 11.3 Å². The number of nitrogens with zero attached hydrogens (tertiary/aromatic N) is 3. The Kier molecular flexibility index (Phi) is 3.80. The van der Waals surface area contributed by atoms with Gasteiger partial charge in [0.2, 0.25) is 0 Å². The van der Waals surface area contributed by atoms with E-state index in [1.165, 1.54) is 0 Å². The Labute approximate surface area is 153 Å². The first-order valence-electron chi connectivity index (χ1n) is 8.31. The molecule has 1 aliphatic rings. The number of thiophene rings is 1. The quantitative estimate of drug-likeness (QED) is 0.719. The van der Waals surface area contributed by atoms with Gasteiger partial charge < -0.3 is 10.4 Å². The van der Waals surface area contributed by atoms with E-state index in [-0.39, 0.29) is 12.5 Å². The fourth-order valence-electron chi connectivity index (χ4n) is 3.14. The molecule has 134 valence electrons. The molecular formula is C18H18N4O3S. The molecule has 1 amide bonds. The van der Waals surface area contributed by atoms with Crippen molar-refractivity contribution in [2.24, 2.45) is 12.5 Å². The fourth-order valence-corrected chi connectivity index (χ4v) is 3.82. The SMILES string of the molecule is Cc1nn(C)c2nc(-c3cccs3)cc(C(=O)NCC3(C(=O)O)CC3)c12. The second-order valence-electron chi connectivity index (χ2n) is 6.71. The number of amides is 1. The van der Waals surface area contributed by atoms with E-state index in [2.05, 4.69) is 15.4 Å². The molecule has 0 aliphatic heterocycles. The second-order valence-corrected chi connectivity index (χ2v) is 7.66. The van der Waals surface area contributed by atoms with Gasteiger partial charge in [0, 0.05) is 13.6 Å². The predicted molar refractivity (Wildman–Crippen MR) is 98.2 cm³/mol. The number of carboxylic acids is 1. The number of aliphatic carboxylic acids is 1. The van der Waals surface area contributed by atoms with Gasteiger partial charge in [0.1, 0.15) is 0 Å². The lowest BCUT2D eigenvalue weighted by molar-refractivity contribution is -0.143. The van der Waals surface area contributed by atoms with Crippen molar-refractivity contribution in [2.45, 2.75) is 19.8 Å². The third-order valence-electron chi connectivity index (χ3n) is 4.88. The van der Waals surface area contributed by atoms with Crippen LogP contribution in [0.4, 0.5) is 0 Å². The molecule has 26 heavy (non-hydrogen) atoms. The summed E-state index contributed by atoms with van der Waals surface area (Å²) in [5.74, 6) is -1.15. The van der Waals surface area contributed by atoms with Crippen molar-refractivity contribution >= 4 is 34.2 Å². The highest BCUT2D eigenvalue weighted by Gasteiger charge is 2.50. The van der Waals surface area contributed by atoms with Crippen molar-refractivity contribution in [2.75, 3.05) is 6.54 Å². The van der Waals surface area contributed by atoms with Gasteiger partial charge in [-0.1, -0.05) is 6.07 Å². The summed E-state index contributed by atoms with van der Waals surface area (Å²) >= 11 is 1.55. The number of nitrogens with one attached hydrogen (secondary N) is 1. The maximum atomic E-state index is 12.9. The van der Waals surface area contributed by atoms with Gasteiger partial charge >= 0.3 is 5.97 Å². The minimum atomic E-state index is -0.852. The lowest BCUT2D eigenvalue weighted by Gasteiger charge is -2.12. The molecule has 3 heterocycles. The molecule has 0 unspecified atom stereocenters. The molecule has 3 aromatic rings. The summed E-state index contributed by atoms with van der Waals surface area (Å²) in [5, 5.41) is 19.2. The van der Waals surface area contributed by atoms with Crippen LogP contribution in [0.5, 0.6) is 0 Å². The van der Waals surface area contributed by atoms with E-state index >= 15 is 0 Å².